The summed E-state index contributed by atoms with van der Waals surface area (Å²) in [6.07, 6.45) is 1.86. The van der Waals surface area contributed by atoms with Gasteiger partial charge in [-0.2, -0.15) is 0 Å². The van der Waals surface area contributed by atoms with E-state index in [4.69, 9.17) is 4.52 Å². The fourth-order valence-electron chi connectivity index (χ4n) is 0.986. The summed E-state index contributed by atoms with van der Waals surface area (Å²) in [6.45, 7) is 2.56. The van der Waals surface area contributed by atoms with Crippen LogP contribution in [0, 0.1) is 9.81 Å². The molecule has 0 saturated heterocycles. The third-order valence-electron chi connectivity index (χ3n) is 1.57. The van der Waals surface area contributed by atoms with Crippen LogP contribution in [0.15, 0.2) is 16.8 Å². The van der Waals surface area contributed by atoms with Gasteiger partial charge < -0.3 is 9.84 Å². The predicted molar refractivity (Wildman–Crippen MR) is 63.4 cm³/mol. The number of nitrogens with one attached hydrogen (secondary N) is 1. The summed E-state index contributed by atoms with van der Waals surface area (Å²) < 4.78 is 6.12. The number of anilines is 1. The van der Waals surface area contributed by atoms with Crippen LogP contribution in [0.4, 0.5) is 5.82 Å². The van der Waals surface area contributed by atoms with Crippen molar-refractivity contribution >= 4 is 39.7 Å². The molecule has 2 aromatic rings. The summed E-state index contributed by atoms with van der Waals surface area (Å²) in [5.41, 5.74) is 0. The van der Waals surface area contributed by atoms with Crippen molar-refractivity contribution in [3.63, 3.8) is 0 Å². The molecule has 74 valence electrons. The Balaban J connectivity index is 1.94. The molecule has 2 heterocycles. The van der Waals surface area contributed by atoms with Crippen molar-refractivity contribution in [1.82, 2.24) is 10.1 Å². The SMILES string of the molecule is Cc1cc(NCc2ncc(I)s2)no1. The van der Waals surface area contributed by atoms with Crippen LogP contribution in [-0.2, 0) is 6.54 Å². The van der Waals surface area contributed by atoms with E-state index in [0.29, 0.717) is 6.54 Å². The van der Waals surface area contributed by atoms with Crippen molar-refractivity contribution in [3.05, 3.63) is 25.9 Å². The van der Waals surface area contributed by atoms with Crippen molar-refractivity contribution in [2.24, 2.45) is 0 Å². The fourth-order valence-corrected chi connectivity index (χ4v) is 2.47. The lowest BCUT2D eigenvalue weighted by Gasteiger charge is -1.96. The molecule has 0 radical (unpaired) electrons. The summed E-state index contributed by atoms with van der Waals surface area (Å²) in [6, 6.07) is 1.86. The van der Waals surface area contributed by atoms with Gasteiger partial charge in [0.15, 0.2) is 5.82 Å². The largest absolute Gasteiger partial charge is 0.361 e. The highest BCUT2D eigenvalue weighted by Gasteiger charge is 2.02. The highest BCUT2D eigenvalue weighted by atomic mass is 127. The molecule has 2 aromatic heterocycles. The molecular formula is C8H8IN3OS. The second-order valence-corrected chi connectivity index (χ2v) is 5.74. The number of thiazole rings is 1. The van der Waals surface area contributed by atoms with Gasteiger partial charge in [0.2, 0.25) is 0 Å². The van der Waals surface area contributed by atoms with Crippen LogP contribution in [-0.4, -0.2) is 10.1 Å². The first-order valence-corrected chi connectivity index (χ1v) is 5.91. The third-order valence-corrected chi connectivity index (χ3v) is 3.30. The Morgan fingerprint density at radius 1 is 1.64 bits per heavy atom. The van der Waals surface area contributed by atoms with Crippen molar-refractivity contribution in [3.8, 4) is 0 Å². The van der Waals surface area contributed by atoms with Crippen molar-refractivity contribution in [2.45, 2.75) is 13.5 Å². The highest BCUT2D eigenvalue weighted by molar-refractivity contribution is 14.1. The lowest BCUT2D eigenvalue weighted by atomic mass is 10.5. The van der Waals surface area contributed by atoms with Gasteiger partial charge in [0.05, 0.1) is 15.6 Å². The van der Waals surface area contributed by atoms with Crippen molar-refractivity contribution in [1.29, 1.82) is 0 Å². The van der Waals surface area contributed by atoms with Gasteiger partial charge in [0.25, 0.3) is 0 Å². The van der Waals surface area contributed by atoms with Crippen LogP contribution in [0.1, 0.15) is 10.8 Å². The monoisotopic (exact) mass is 321 g/mol. The molecule has 0 amide bonds. The van der Waals surface area contributed by atoms with E-state index >= 15 is 0 Å². The molecular weight excluding hydrogens is 313 g/mol. The molecule has 1 N–H and O–H groups in total. The molecule has 0 saturated carbocycles. The molecule has 14 heavy (non-hydrogen) atoms. The molecule has 0 fully saturated rings. The zero-order valence-corrected chi connectivity index (χ0v) is 10.4. The summed E-state index contributed by atoms with van der Waals surface area (Å²) in [5, 5.41) is 8.01. The van der Waals surface area contributed by atoms with Crippen LogP contribution < -0.4 is 5.32 Å². The first-order valence-electron chi connectivity index (χ1n) is 4.01. The van der Waals surface area contributed by atoms with E-state index in [1.165, 1.54) is 2.88 Å². The maximum absolute atomic E-state index is 4.93. The minimum absolute atomic E-state index is 0.694. The van der Waals surface area contributed by atoms with E-state index in [0.717, 1.165) is 16.6 Å². The number of hydrogen-bond acceptors (Lipinski definition) is 5. The molecule has 0 aliphatic rings. The average molecular weight is 321 g/mol. The summed E-state index contributed by atoms with van der Waals surface area (Å²) >= 11 is 3.92. The number of hydrogen-bond donors (Lipinski definition) is 1. The molecule has 0 atom stereocenters. The van der Waals surface area contributed by atoms with E-state index in [1.54, 1.807) is 11.3 Å². The van der Waals surface area contributed by atoms with E-state index in [1.807, 2.05) is 19.2 Å². The van der Waals surface area contributed by atoms with Crippen LogP contribution in [0.3, 0.4) is 0 Å². The molecule has 4 nitrogen and oxygen atoms in total. The van der Waals surface area contributed by atoms with Gasteiger partial charge >= 0.3 is 0 Å². The first-order chi connectivity index (χ1) is 6.74. The van der Waals surface area contributed by atoms with Gasteiger partial charge in [0, 0.05) is 6.07 Å². The molecule has 2 rings (SSSR count). The van der Waals surface area contributed by atoms with Gasteiger partial charge in [-0.3, -0.25) is 0 Å². The Morgan fingerprint density at radius 3 is 3.07 bits per heavy atom. The van der Waals surface area contributed by atoms with Crippen LogP contribution >= 0.6 is 33.9 Å². The summed E-state index contributed by atoms with van der Waals surface area (Å²) in [5.74, 6) is 1.56. The Labute approximate surface area is 98.9 Å². The Bertz CT molecular complexity index is 385. The second kappa shape index (κ2) is 4.26. The third kappa shape index (κ3) is 2.44. The van der Waals surface area contributed by atoms with E-state index in [2.05, 4.69) is 38.0 Å². The molecule has 0 aliphatic heterocycles. The topological polar surface area (TPSA) is 51.0 Å². The lowest BCUT2D eigenvalue weighted by Crippen LogP contribution is -1.98. The van der Waals surface area contributed by atoms with Crippen molar-refractivity contribution in [2.75, 3.05) is 5.32 Å². The van der Waals surface area contributed by atoms with E-state index in [-0.39, 0.29) is 0 Å². The number of aryl methyl sites for hydroxylation is 1. The van der Waals surface area contributed by atoms with Crippen molar-refractivity contribution < 1.29 is 4.52 Å². The molecule has 0 unspecified atom stereocenters. The number of aromatic nitrogens is 2. The predicted octanol–water partition coefficient (Wildman–Crippen LogP) is 2.66. The number of halogens is 1. The maximum Gasteiger partial charge on any atom is 0.169 e. The van der Waals surface area contributed by atoms with Gasteiger partial charge in [0.1, 0.15) is 10.8 Å². The minimum atomic E-state index is 0.694. The zero-order valence-electron chi connectivity index (χ0n) is 7.45. The fraction of sp³-hybridized carbons (Fsp3) is 0.250. The van der Waals surface area contributed by atoms with E-state index < -0.39 is 0 Å². The smallest absolute Gasteiger partial charge is 0.169 e. The molecule has 0 spiro atoms. The molecule has 0 aliphatic carbocycles. The van der Waals surface area contributed by atoms with Gasteiger partial charge in [-0.25, -0.2) is 4.98 Å². The summed E-state index contributed by atoms with van der Waals surface area (Å²) in [7, 11) is 0. The molecule has 0 aromatic carbocycles. The standard InChI is InChI=1S/C8H8IN3OS/c1-5-2-7(12-13-5)10-4-8-11-3-6(9)14-8/h2-3H,4H2,1H3,(H,10,12). The lowest BCUT2D eigenvalue weighted by molar-refractivity contribution is 0.399. The normalized spacial score (nSPS) is 10.4. The Hall–Kier alpha value is -0.630. The summed E-state index contributed by atoms with van der Waals surface area (Å²) in [4.78, 5) is 4.23. The molecule has 6 heteroatoms. The zero-order chi connectivity index (χ0) is 9.97. The van der Waals surface area contributed by atoms with Crippen LogP contribution in [0.2, 0.25) is 0 Å². The van der Waals surface area contributed by atoms with Crippen LogP contribution in [0.25, 0.3) is 0 Å². The minimum Gasteiger partial charge on any atom is -0.361 e. The first kappa shape index (κ1) is 9.91. The Morgan fingerprint density at radius 2 is 2.50 bits per heavy atom. The highest BCUT2D eigenvalue weighted by Crippen LogP contribution is 2.16. The van der Waals surface area contributed by atoms with Gasteiger partial charge in [-0.05, 0) is 29.5 Å². The van der Waals surface area contributed by atoms with Gasteiger partial charge in [-0.1, -0.05) is 5.16 Å². The number of rotatable bonds is 3. The maximum atomic E-state index is 4.93. The van der Waals surface area contributed by atoms with E-state index in [9.17, 15) is 0 Å². The second-order valence-electron chi connectivity index (χ2n) is 2.73. The van der Waals surface area contributed by atoms with Gasteiger partial charge in [-0.15, -0.1) is 11.3 Å². The van der Waals surface area contributed by atoms with Crippen LogP contribution in [0.5, 0.6) is 0 Å². The Kier molecular flexibility index (Phi) is 3.02. The molecule has 0 bridgehead atoms. The number of nitrogens with zero attached hydrogens (tertiary/aromatic N) is 2. The quantitative estimate of drug-likeness (QED) is 0.883. The average Bonchev–Trinajstić information content (AvgIpc) is 2.72.